The van der Waals surface area contributed by atoms with Crippen LogP contribution in [0.1, 0.15) is 36.8 Å². The number of ether oxygens (including phenoxy) is 1. The summed E-state index contributed by atoms with van der Waals surface area (Å²) in [6, 6.07) is 18.8. The predicted molar refractivity (Wildman–Crippen MR) is 105 cm³/mol. The van der Waals surface area contributed by atoms with E-state index in [0.717, 1.165) is 37.7 Å². The van der Waals surface area contributed by atoms with Gasteiger partial charge in [0.05, 0.1) is 0 Å². The van der Waals surface area contributed by atoms with Gasteiger partial charge in [-0.15, -0.1) is 0 Å². The van der Waals surface area contributed by atoms with Crippen LogP contribution in [0.15, 0.2) is 60.7 Å². The van der Waals surface area contributed by atoms with E-state index in [9.17, 15) is 14.7 Å². The van der Waals surface area contributed by atoms with Gasteiger partial charge in [0.25, 0.3) is 0 Å². The first-order chi connectivity index (χ1) is 13.5. The van der Waals surface area contributed by atoms with Gasteiger partial charge in [-0.05, 0) is 48.6 Å². The van der Waals surface area contributed by atoms with Gasteiger partial charge >= 0.3 is 12.1 Å². The molecule has 0 aliphatic heterocycles. The molecule has 3 aliphatic rings. The number of benzene rings is 2. The molecule has 1 atom stereocenters. The first kappa shape index (κ1) is 18.5. The number of carbonyl (C=O) groups excluding carboxylic acids is 1. The van der Waals surface area contributed by atoms with Crippen molar-refractivity contribution in [2.75, 3.05) is 0 Å². The van der Waals surface area contributed by atoms with Gasteiger partial charge in [0.2, 0.25) is 0 Å². The second kappa shape index (κ2) is 7.30. The number of aryl methyl sites for hydroxylation is 1. The van der Waals surface area contributed by atoms with Crippen molar-refractivity contribution in [1.29, 1.82) is 0 Å². The summed E-state index contributed by atoms with van der Waals surface area (Å²) in [4.78, 5) is 23.9. The molecule has 28 heavy (non-hydrogen) atoms. The van der Waals surface area contributed by atoms with E-state index in [-0.39, 0.29) is 17.4 Å². The summed E-state index contributed by atoms with van der Waals surface area (Å²) >= 11 is 0. The lowest BCUT2D eigenvalue weighted by molar-refractivity contribution is -0.227. The summed E-state index contributed by atoms with van der Waals surface area (Å²) in [5, 5.41) is 12.3. The van der Waals surface area contributed by atoms with Crippen LogP contribution < -0.4 is 5.32 Å². The largest absolute Gasteiger partial charge is 0.480 e. The summed E-state index contributed by atoms with van der Waals surface area (Å²) in [6.45, 7) is 0.132. The van der Waals surface area contributed by atoms with Gasteiger partial charge in [0, 0.05) is 5.41 Å². The number of nitrogens with one attached hydrogen (secondary N) is 1. The van der Waals surface area contributed by atoms with Crippen LogP contribution in [0.5, 0.6) is 0 Å². The average Bonchev–Trinajstić information content (AvgIpc) is 2.65. The molecule has 5 rings (SSSR count). The molecule has 3 fully saturated rings. The van der Waals surface area contributed by atoms with E-state index < -0.39 is 18.1 Å². The zero-order valence-corrected chi connectivity index (χ0v) is 15.8. The Labute approximate surface area is 164 Å². The molecular formula is C23H25NO4. The van der Waals surface area contributed by atoms with E-state index in [1.54, 1.807) is 0 Å². The topological polar surface area (TPSA) is 75.6 Å². The number of rotatable bonds is 8. The minimum Gasteiger partial charge on any atom is -0.480 e. The molecule has 0 aromatic heterocycles. The number of aliphatic carboxylic acids is 1. The van der Waals surface area contributed by atoms with Crippen molar-refractivity contribution in [2.45, 2.75) is 44.8 Å². The van der Waals surface area contributed by atoms with Crippen LogP contribution in [0.3, 0.4) is 0 Å². The van der Waals surface area contributed by atoms with Gasteiger partial charge < -0.3 is 15.2 Å². The third-order valence-corrected chi connectivity index (χ3v) is 6.30. The second-order valence-electron chi connectivity index (χ2n) is 8.36. The molecular weight excluding hydrogens is 354 g/mol. The van der Waals surface area contributed by atoms with Gasteiger partial charge in [-0.3, -0.25) is 0 Å². The number of amides is 1. The van der Waals surface area contributed by atoms with Gasteiger partial charge in [-0.2, -0.15) is 0 Å². The highest BCUT2D eigenvalue weighted by Crippen LogP contribution is 2.76. The fourth-order valence-electron chi connectivity index (χ4n) is 5.07. The number of carboxylic acid groups (broad SMARTS) is 1. The van der Waals surface area contributed by atoms with Crippen LogP contribution in [0.4, 0.5) is 4.79 Å². The highest BCUT2D eigenvalue weighted by atomic mass is 16.5. The molecule has 2 aromatic carbocycles. The Hall–Kier alpha value is -2.82. The molecule has 0 spiro atoms. The van der Waals surface area contributed by atoms with Crippen LogP contribution in [0, 0.1) is 10.8 Å². The SMILES string of the molecule is O=C(NC(C(=O)O)C12CC(CCc3ccccc3)(C1)C2)OCc1ccccc1. The maximum Gasteiger partial charge on any atom is 0.408 e. The summed E-state index contributed by atoms with van der Waals surface area (Å²) in [5.41, 5.74) is 2.13. The Morgan fingerprint density at radius 3 is 2.11 bits per heavy atom. The maximum absolute atomic E-state index is 12.1. The second-order valence-corrected chi connectivity index (χ2v) is 8.36. The normalized spacial score (nSPS) is 25.7. The molecule has 146 valence electrons. The Kier molecular flexibility index (Phi) is 4.84. The molecule has 0 saturated heterocycles. The predicted octanol–water partition coefficient (Wildman–Crippen LogP) is 4.17. The Balaban J connectivity index is 1.28. The van der Waals surface area contributed by atoms with E-state index in [0.29, 0.717) is 0 Å². The fourth-order valence-corrected chi connectivity index (χ4v) is 5.07. The number of carboxylic acids is 1. The van der Waals surface area contributed by atoms with Crippen molar-refractivity contribution >= 4 is 12.1 Å². The van der Waals surface area contributed by atoms with Crippen molar-refractivity contribution < 1.29 is 19.4 Å². The Bertz CT molecular complexity index is 830. The molecule has 0 radical (unpaired) electrons. The smallest absolute Gasteiger partial charge is 0.408 e. The zero-order chi connectivity index (χ0) is 19.6. The number of carbonyl (C=O) groups is 2. The lowest BCUT2D eigenvalue weighted by atomic mass is 9.32. The molecule has 0 heterocycles. The van der Waals surface area contributed by atoms with Crippen molar-refractivity contribution in [1.82, 2.24) is 5.32 Å². The number of hydrogen-bond acceptors (Lipinski definition) is 3. The number of hydrogen-bond donors (Lipinski definition) is 2. The monoisotopic (exact) mass is 379 g/mol. The van der Waals surface area contributed by atoms with E-state index in [1.807, 2.05) is 48.5 Å². The van der Waals surface area contributed by atoms with Crippen molar-refractivity contribution in [3.8, 4) is 0 Å². The van der Waals surface area contributed by atoms with Crippen molar-refractivity contribution in [3.05, 3.63) is 71.8 Å². The van der Waals surface area contributed by atoms with Gasteiger partial charge in [-0.25, -0.2) is 9.59 Å². The standard InChI is InChI=1S/C23H25NO4/c25-20(26)19(24-21(27)28-13-18-9-5-2-6-10-18)23-14-22(15-23,16-23)12-11-17-7-3-1-4-8-17/h1-10,19H,11-16H2,(H,24,27)(H,25,26). The maximum atomic E-state index is 12.1. The first-order valence-corrected chi connectivity index (χ1v) is 9.74. The van der Waals surface area contributed by atoms with Crippen LogP contribution in [-0.4, -0.2) is 23.2 Å². The highest BCUT2D eigenvalue weighted by Gasteiger charge is 2.71. The summed E-state index contributed by atoms with van der Waals surface area (Å²) in [6.07, 6.45) is 4.01. The van der Waals surface area contributed by atoms with Gasteiger partial charge in [0.1, 0.15) is 12.6 Å². The third kappa shape index (κ3) is 3.61. The Morgan fingerprint density at radius 1 is 0.964 bits per heavy atom. The summed E-state index contributed by atoms with van der Waals surface area (Å²) in [5.74, 6) is -0.979. The van der Waals surface area contributed by atoms with E-state index >= 15 is 0 Å². The Morgan fingerprint density at radius 2 is 1.54 bits per heavy atom. The van der Waals surface area contributed by atoms with Crippen LogP contribution in [-0.2, 0) is 22.6 Å². The highest BCUT2D eigenvalue weighted by molar-refractivity contribution is 5.81. The minimum atomic E-state index is -0.979. The minimum absolute atomic E-state index is 0.132. The number of alkyl carbamates (subject to hydrolysis) is 1. The molecule has 2 N–H and O–H groups in total. The van der Waals surface area contributed by atoms with Gasteiger partial charge in [0.15, 0.2) is 0 Å². The molecule has 3 saturated carbocycles. The molecule has 5 heteroatoms. The molecule has 2 bridgehead atoms. The fraction of sp³-hybridized carbons (Fsp3) is 0.391. The van der Waals surface area contributed by atoms with Crippen LogP contribution in [0.25, 0.3) is 0 Å². The lowest BCUT2D eigenvalue weighted by Gasteiger charge is -2.72. The third-order valence-electron chi connectivity index (χ3n) is 6.30. The average molecular weight is 379 g/mol. The summed E-state index contributed by atoms with van der Waals surface area (Å²) < 4.78 is 5.21. The molecule has 1 amide bonds. The molecule has 3 aliphatic carbocycles. The van der Waals surface area contributed by atoms with E-state index in [2.05, 4.69) is 17.4 Å². The quantitative estimate of drug-likeness (QED) is 0.722. The van der Waals surface area contributed by atoms with E-state index in [4.69, 9.17) is 4.74 Å². The molecule has 5 nitrogen and oxygen atoms in total. The van der Waals surface area contributed by atoms with Gasteiger partial charge in [-0.1, -0.05) is 60.7 Å². The van der Waals surface area contributed by atoms with E-state index in [1.165, 1.54) is 5.56 Å². The molecule has 1 unspecified atom stereocenters. The molecule has 2 aromatic rings. The van der Waals surface area contributed by atoms with Crippen molar-refractivity contribution in [2.24, 2.45) is 10.8 Å². The summed E-state index contributed by atoms with van der Waals surface area (Å²) in [7, 11) is 0. The van der Waals surface area contributed by atoms with Crippen LogP contribution in [0.2, 0.25) is 0 Å². The zero-order valence-electron chi connectivity index (χ0n) is 15.8. The van der Waals surface area contributed by atoms with Crippen LogP contribution >= 0.6 is 0 Å². The lowest BCUT2D eigenvalue weighted by Crippen LogP contribution is -2.71. The van der Waals surface area contributed by atoms with Crippen molar-refractivity contribution in [3.63, 3.8) is 0 Å². The first-order valence-electron chi connectivity index (χ1n) is 9.74.